The van der Waals surface area contributed by atoms with Gasteiger partial charge in [-0.25, -0.2) is 8.42 Å². The van der Waals surface area contributed by atoms with Gasteiger partial charge in [-0.05, 0) is 18.1 Å². The van der Waals surface area contributed by atoms with E-state index in [0.717, 1.165) is 12.5 Å². The van der Waals surface area contributed by atoms with Gasteiger partial charge in [0.25, 0.3) is 0 Å². The van der Waals surface area contributed by atoms with Gasteiger partial charge in [0.1, 0.15) is 0 Å². The van der Waals surface area contributed by atoms with Crippen LogP contribution in [0.4, 0.5) is 13.2 Å². The molecule has 2 atom stereocenters. The second-order valence-corrected chi connectivity index (χ2v) is 8.15. The van der Waals surface area contributed by atoms with E-state index in [1.54, 1.807) is 12.1 Å². The molecule has 8 heteroatoms. The first-order chi connectivity index (χ1) is 10.6. The molecule has 1 aromatic carbocycles. The first kappa shape index (κ1) is 18.2. The molecule has 1 aliphatic rings. The van der Waals surface area contributed by atoms with Crippen LogP contribution in [-0.2, 0) is 16.4 Å². The van der Waals surface area contributed by atoms with Gasteiger partial charge >= 0.3 is 6.18 Å². The van der Waals surface area contributed by atoms with Crippen LogP contribution in [0.1, 0.15) is 24.0 Å². The lowest BCUT2D eigenvalue weighted by atomic mass is 9.99. The van der Waals surface area contributed by atoms with Crippen LogP contribution < -0.4 is 0 Å². The fourth-order valence-corrected chi connectivity index (χ4v) is 4.21. The number of benzene rings is 1. The van der Waals surface area contributed by atoms with E-state index in [4.69, 9.17) is 0 Å². The smallest absolute Gasteiger partial charge is 0.395 e. The van der Waals surface area contributed by atoms with Gasteiger partial charge < -0.3 is 5.11 Å². The van der Waals surface area contributed by atoms with Gasteiger partial charge in [0.15, 0.2) is 9.84 Å². The highest BCUT2D eigenvalue weighted by atomic mass is 32.2. The SMILES string of the molecule is CC(c1ccc(CN2CCS(=O)(=O)CC2CO)cc1)C(F)(F)F. The Morgan fingerprint density at radius 1 is 1.30 bits per heavy atom. The van der Waals surface area contributed by atoms with Crippen LogP contribution in [0, 0.1) is 0 Å². The van der Waals surface area contributed by atoms with Crippen LogP contribution in [0.15, 0.2) is 24.3 Å². The van der Waals surface area contributed by atoms with E-state index >= 15 is 0 Å². The Bertz CT molecular complexity index is 628. The summed E-state index contributed by atoms with van der Waals surface area (Å²) in [6, 6.07) is 5.66. The molecule has 0 aromatic heterocycles. The summed E-state index contributed by atoms with van der Waals surface area (Å²) in [5, 5.41) is 9.35. The molecule has 1 aromatic rings. The summed E-state index contributed by atoms with van der Waals surface area (Å²) in [5.41, 5.74) is 0.988. The molecule has 1 heterocycles. The minimum atomic E-state index is -4.27. The molecular weight excluding hydrogens is 331 g/mol. The van der Waals surface area contributed by atoms with Gasteiger partial charge in [-0.15, -0.1) is 0 Å². The molecule has 4 nitrogen and oxygen atoms in total. The normalized spacial score (nSPS) is 23.6. The number of halogens is 3. The molecule has 0 spiro atoms. The van der Waals surface area contributed by atoms with Gasteiger partial charge in [-0.3, -0.25) is 4.90 Å². The Balaban J connectivity index is 2.06. The molecule has 0 saturated carbocycles. The molecule has 23 heavy (non-hydrogen) atoms. The molecule has 0 bridgehead atoms. The zero-order valence-electron chi connectivity index (χ0n) is 12.8. The van der Waals surface area contributed by atoms with Gasteiger partial charge in [0.05, 0.1) is 24.0 Å². The minimum absolute atomic E-state index is 0.0344. The highest BCUT2D eigenvalue weighted by molar-refractivity contribution is 7.91. The third kappa shape index (κ3) is 4.68. The summed E-state index contributed by atoms with van der Waals surface area (Å²) in [5.74, 6) is -1.58. The summed E-state index contributed by atoms with van der Waals surface area (Å²) in [7, 11) is -3.13. The predicted octanol–water partition coefficient (Wildman–Crippen LogP) is 1.94. The Morgan fingerprint density at radius 3 is 2.43 bits per heavy atom. The van der Waals surface area contributed by atoms with E-state index in [2.05, 4.69) is 0 Å². The Labute approximate surface area is 133 Å². The highest BCUT2D eigenvalue weighted by Gasteiger charge is 2.37. The number of aliphatic hydroxyl groups is 1. The summed E-state index contributed by atoms with van der Waals surface area (Å²) < 4.78 is 61.2. The van der Waals surface area contributed by atoms with Crippen molar-refractivity contribution in [2.24, 2.45) is 0 Å². The molecule has 2 unspecified atom stereocenters. The zero-order chi connectivity index (χ0) is 17.3. The molecule has 1 saturated heterocycles. The highest BCUT2D eigenvalue weighted by Crippen LogP contribution is 2.34. The van der Waals surface area contributed by atoms with Crippen molar-refractivity contribution >= 4 is 9.84 Å². The van der Waals surface area contributed by atoms with E-state index in [0.29, 0.717) is 13.1 Å². The van der Waals surface area contributed by atoms with Crippen molar-refractivity contribution < 1.29 is 26.7 Å². The number of nitrogens with zero attached hydrogens (tertiary/aromatic N) is 1. The maximum absolute atomic E-state index is 12.7. The average molecular weight is 351 g/mol. The third-order valence-electron chi connectivity index (χ3n) is 4.22. The first-order valence-corrected chi connectivity index (χ1v) is 9.15. The van der Waals surface area contributed by atoms with Crippen LogP contribution in [0.25, 0.3) is 0 Å². The second-order valence-electron chi connectivity index (χ2n) is 5.93. The van der Waals surface area contributed by atoms with Crippen LogP contribution >= 0.6 is 0 Å². The van der Waals surface area contributed by atoms with Crippen LogP contribution in [0.2, 0.25) is 0 Å². The summed E-state index contributed by atoms with van der Waals surface area (Å²) in [6.45, 7) is 1.57. The number of alkyl halides is 3. The standard InChI is InChI=1S/C15H20F3NO3S/c1-11(15(16,17)18)13-4-2-12(3-5-13)8-19-6-7-23(21,22)10-14(19)9-20/h2-5,11,14,20H,6-10H2,1H3. The molecular formula is C15H20F3NO3S. The van der Waals surface area contributed by atoms with Crippen molar-refractivity contribution in [2.45, 2.75) is 31.6 Å². The van der Waals surface area contributed by atoms with Gasteiger partial charge in [0, 0.05) is 19.1 Å². The lowest BCUT2D eigenvalue weighted by molar-refractivity contribution is -0.146. The van der Waals surface area contributed by atoms with Crippen molar-refractivity contribution in [1.82, 2.24) is 4.90 Å². The molecule has 2 rings (SSSR count). The topological polar surface area (TPSA) is 57.6 Å². The van der Waals surface area contributed by atoms with Gasteiger partial charge in [-0.2, -0.15) is 13.2 Å². The number of aliphatic hydroxyl groups excluding tert-OH is 1. The van der Waals surface area contributed by atoms with Gasteiger partial charge in [0.2, 0.25) is 0 Å². The second kappa shape index (κ2) is 6.78. The van der Waals surface area contributed by atoms with Crippen molar-refractivity contribution in [3.63, 3.8) is 0 Å². The quantitative estimate of drug-likeness (QED) is 0.901. The molecule has 1 fully saturated rings. The van der Waals surface area contributed by atoms with E-state index in [1.165, 1.54) is 12.1 Å². The number of hydrogen-bond donors (Lipinski definition) is 1. The minimum Gasteiger partial charge on any atom is -0.395 e. The van der Waals surface area contributed by atoms with E-state index < -0.39 is 28.0 Å². The Kier molecular flexibility index (Phi) is 5.37. The predicted molar refractivity (Wildman–Crippen MR) is 80.8 cm³/mol. The van der Waals surface area contributed by atoms with Crippen molar-refractivity contribution in [3.8, 4) is 0 Å². The molecule has 0 radical (unpaired) electrons. The number of hydrogen-bond acceptors (Lipinski definition) is 4. The largest absolute Gasteiger partial charge is 0.395 e. The molecule has 130 valence electrons. The lowest BCUT2D eigenvalue weighted by Gasteiger charge is -2.34. The van der Waals surface area contributed by atoms with E-state index in [-0.39, 0.29) is 23.7 Å². The number of rotatable bonds is 4. The van der Waals surface area contributed by atoms with Crippen molar-refractivity contribution in [3.05, 3.63) is 35.4 Å². The van der Waals surface area contributed by atoms with E-state index in [1.807, 2.05) is 4.90 Å². The fourth-order valence-electron chi connectivity index (χ4n) is 2.63. The summed E-state index contributed by atoms with van der Waals surface area (Å²) in [4.78, 5) is 1.85. The summed E-state index contributed by atoms with van der Waals surface area (Å²) >= 11 is 0. The maximum atomic E-state index is 12.7. The molecule has 1 N–H and O–H groups in total. The van der Waals surface area contributed by atoms with Crippen LogP contribution in [-0.4, -0.2) is 55.3 Å². The van der Waals surface area contributed by atoms with Crippen LogP contribution in [0.3, 0.4) is 0 Å². The monoisotopic (exact) mass is 351 g/mol. The lowest BCUT2D eigenvalue weighted by Crippen LogP contribution is -2.49. The molecule has 0 aliphatic carbocycles. The van der Waals surface area contributed by atoms with Crippen molar-refractivity contribution in [1.29, 1.82) is 0 Å². The number of sulfone groups is 1. The Morgan fingerprint density at radius 2 is 1.91 bits per heavy atom. The Hall–Kier alpha value is -1.12. The van der Waals surface area contributed by atoms with Gasteiger partial charge in [-0.1, -0.05) is 24.3 Å². The van der Waals surface area contributed by atoms with Crippen molar-refractivity contribution in [2.75, 3.05) is 24.7 Å². The maximum Gasteiger partial charge on any atom is 0.395 e. The molecule has 1 aliphatic heterocycles. The average Bonchev–Trinajstić information content (AvgIpc) is 2.48. The summed E-state index contributed by atoms with van der Waals surface area (Å²) in [6.07, 6.45) is -4.27. The van der Waals surface area contributed by atoms with E-state index in [9.17, 15) is 26.7 Å². The van der Waals surface area contributed by atoms with Crippen LogP contribution in [0.5, 0.6) is 0 Å². The zero-order valence-corrected chi connectivity index (χ0v) is 13.6. The first-order valence-electron chi connectivity index (χ1n) is 7.33. The third-order valence-corrected chi connectivity index (χ3v) is 5.92. The molecule has 0 amide bonds. The fraction of sp³-hybridized carbons (Fsp3) is 0.600.